The highest BCUT2D eigenvalue weighted by Crippen LogP contribution is 2.35. The van der Waals surface area contributed by atoms with Gasteiger partial charge in [-0.25, -0.2) is 4.57 Å². The van der Waals surface area contributed by atoms with Crippen LogP contribution in [0.5, 0.6) is 0 Å². The van der Waals surface area contributed by atoms with Crippen LogP contribution in [0.25, 0.3) is 0 Å². The van der Waals surface area contributed by atoms with E-state index in [0.717, 1.165) is 13.0 Å². The number of rotatable bonds is 39. The van der Waals surface area contributed by atoms with Crippen LogP contribution in [0.15, 0.2) is 0 Å². The van der Waals surface area contributed by atoms with E-state index < -0.39 is 7.82 Å². The van der Waals surface area contributed by atoms with Crippen molar-refractivity contribution >= 4 is 7.82 Å². The van der Waals surface area contributed by atoms with Crippen LogP contribution < -0.4 is 0 Å². The van der Waals surface area contributed by atoms with Crippen LogP contribution in [0.3, 0.4) is 0 Å². The maximum Gasteiger partial charge on any atom is 0.469 e. The lowest BCUT2D eigenvalue weighted by Gasteiger charge is -2.09. The number of hydrogen-bond donors (Lipinski definition) is 2. The fourth-order valence-electron chi connectivity index (χ4n) is 3.77. The van der Waals surface area contributed by atoms with Crippen molar-refractivity contribution in [2.45, 2.75) is 71.1 Å². The van der Waals surface area contributed by atoms with E-state index in [1.807, 2.05) is 0 Å². The second kappa shape index (κ2) is 37.2. The van der Waals surface area contributed by atoms with Crippen molar-refractivity contribution in [3.8, 4) is 0 Å². The molecule has 0 spiro atoms. The smallest absolute Gasteiger partial charge is 0.379 e. The Labute approximate surface area is 266 Å². The minimum atomic E-state index is -4.43. The molecule has 0 heterocycles. The van der Waals surface area contributed by atoms with Crippen LogP contribution in [-0.2, 0) is 51.7 Å². The summed E-state index contributed by atoms with van der Waals surface area (Å²) in [6.07, 6.45) is 13.4. The zero-order valence-corrected chi connectivity index (χ0v) is 28.2. The van der Waals surface area contributed by atoms with Gasteiger partial charge in [0.2, 0.25) is 0 Å². The summed E-state index contributed by atoms with van der Waals surface area (Å²) in [5.74, 6) is 0. The molecule has 0 aliphatic heterocycles. The van der Waals surface area contributed by atoms with Crippen LogP contribution in [0, 0.1) is 0 Å². The molecule has 2 N–H and O–H groups in total. The Morgan fingerprint density at radius 2 is 0.568 bits per heavy atom. The van der Waals surface area contributed by atoms with Crippen LogP contribution in [-0.4, -0.2) is 135 Å². The molecule has 0 rings (SSSR count). The van der Waals surface area contributed by atoms with Gasteiger partial charge in [-0.3, -0.25) is 4.52 Å². The molecule has 0 aliphatic carbocycles. The first kappa shape index (κ1) is 43.8. The standard InChI is InChI=1S/C30H63O13P/c1-2-3-4-5-6-7-8-9-10-11-12-34-13-14-35-15-16-36-17-18-37-19-20-38-21-22-39-23-24-40-25-26-41-27-28-42-29-30-43-44(31,32)33/h2-30H2,1H3,(H2,31,32,33). The van der Waals surface area contributed by atoms with Crippen LogP contribution >= 0.6 is 7.82 Å². The fraction of sp³-hybridized carbons (Fsp3) is 1.00. The van der Waals surface area contributed by atoms with Gasteiger partial charge in [-0.1, -0.05) is 64.7 Å². The minimum absolute atomic E-state index is 0.0842. The predicted molar refractivity (Wildman–Crippen MR) is 167 cm³/mol. The van der Waals surface area contributed by atoms with Gasteiger partial charge in [0.1, 0.15) is 0 Å². The number of phosphoric acid groups is 1. The topological polar surface area (TPSA) is 150 Å². The summed E-state index contributed by atoms with van der Waals surface area (Å²) in [5, 5.41) is 0. The lowest BCUT2D eigenvalue weighted by molar-refractivity contribution is -0.0255. The molecule has 14 heteroatoms. The van der Waals surface area contributed by atoms with Gasteiger partial charge in [0.15, 0.2) is 0 Å². The lowest BCUT2D eigenvalue weighted by atomic mass is 10.1. The Bertz CT molecular complexity index is 583. The Morgan fingerprint density at radius 1 is 0.341 bits per heavy atom. The predicted octanol–water partition coefficient (Wildman–Crippen LogP) is 4.17. The number of ether oxygens (including phenoxy) is 9. The Morgan fingerprint density at radius 3 is 0.841 bits per heavy atom. The summed E-state index contributed by atoms with van der Waals surface area (Å²) in [7, 11) is -4.43. The summed E-state index contributed by atoms with van der Waals surface area (Å²) in [6.45, 7) is 10.8. The highest BCUT2D eigenvalue weighted by Gasteiger charge is 2.12. The third-order valence-corrected chi connectivity index (χ3v) is 6.62. The maximum atomic E-state index is 10.5. The van der Waals surface area contributed by atoms with Crippen molar-refractivity contribution < 1.29 is 61.5 Å². The molecule has 0 saturated carbocycles. The molecule has 0 radical (unpaired) electrons. The minimum Gasteiger partial charge on any atom is -0.379 e. The largest absolute Gasteiger partial charge is 0.469 e. The fourth-order valence-corrected chi connectivity index (χ4v) is 4.08. The first-order chi connectivity index (χ1) is 21.6. The molecular formula is C30H63O13P. The summed E-state index contributed by atoms with van der Waals surface area (Å²) in [4.78, 5) is 17.0. The highest BCUT2D eigenvalue weighted by atomic mass is 31.2. The van der Waals surface area contributed by atoms with E-state index in [0.29, 0.717) is 106 Å². The second-order valence-electron chi connectivity index (χ2n) is 10.0. The molecule has 0 fully saturated rings. The first-order valence-electron chi connectivity index (χ1n) is 16.5. The third-order valence-electron chi connectivity index (χ3n) is 6.11. The van der Waals surface area contributed by atoms with Gasteiger partial charge in [0.25, 0.3) is 0 Å². The van der Waals surface area contributed by atoms with Crippen LogP contribution in [0.2, 0.25) is 0 Å². The SMILES string of the molecule is CCCCCCCCCCCCOCCOCCOCCOCCOCCOCCOCCOCCOCCOP(=O)(O)O. The first-order valence-corrected chi connectivity index (χ1v) is 18.0. The number of hydrogen-bond acceptors (Lipinski definition) is 11. The van der Waals surface area contributed by atoms with E-state index in [4.69, 9.17) is 52.4 Å². The van der Waals surface area contributed by atoms with Crippen molar-refractivity contribution in [1.29, 1.82) is 0 Å². The molecule has 0 atom stereocenters. The summed E-state index contributed by atoms with van der Waals surface area (Å²) >= 11 is 0. The maximum absolute atomic E-state index is 10.5. The van der Waals surface area contributed by atoms with Crippen molar-refractivity contribution in [3.05, 3.63) is 0 Å². The lowest BCUT2D eigenvalue weighted by Crippen LogP contribution is -2.15. The van der Waals surface area contributed by atoms with Gasteiger partial charge in [0.05, 0.1) is 119 Å². The van der Waals surface area contributed by atoms with Gasteiger partial charge in [0, 0.05) is 6.61 Å². The molecule has 0 aliphatic rings. The van der Waals surface area contributed by atoms with Crippen molar-refractivity contribution in [1.82, 2.24) is 0 Å². The van der Waals surface area contributed by atoms with Gasteiger partial charge >= 0.3 is 7.82 Å². The van der Waals surface area contributed by atoms with Crippen LogP contribution in [0.4, 0.5) is 0 Å². The molecule has 0 aromatic rings. The van der Waals surface area contributed by atoms with Gasteiger partial charge in [-0.05, 0) is 6.42 Å². The molecule has 13 nitrogen and oxygen atoms in total. The number of phosphoric ester groups is 1. The molecule has 44 heavy (non-hydrogen) atoms. The summed E-state index contributed by atoms with van der Waals surface area (Å²) in [6, 6.07) is 0. The van der Waals surface area contributed by atoms with E-state index in [1.54, 1.807) is 0 Å². The average molecular weight is 663 g/mol. The quantitative estimate of drug-likeness (QED) is 0.0717. The molecule has 0 unspecified atom stereocenters. The van der Waals surface area contributed by atoms with E-state index in [1.165, 1.54) is 57.8 Å². The second-order valence-corrected chi connectivity index (χ2v) is 11.3. The summed E-state index contributed by atoms with van der Waals surface area (Å²) in [5.41, 5.74) is 0. The molecule has 0 aromatic carbocycles. The van der Waals surface area contributed by atoms with Gasteiger partial charge < -0.3 is 52.4 Å². The molecule has 0 bridgehead atoms. The zero-order valence-electron chi connectivity index (χ0n) is 27.3. The van der Waals surface area contributed by atoms with Crippen LogP contribution in [0.1, 0.15) is 71.1 Å². The van der Waals surface area contributed by atoms with E-state index in [2.05, 4.69) is 11.4 Å². The normalized spacial score (nSPS) is 12.0. The molecule has 0 aromatic heterocycles. The average Bonchev–Trinajstić information content (AvgIpc) is 3.00. The Balaban J connectivity index is 3.05. The molecule has 0 amide bonds. The molecular weight excluding hydrogens is 599 g/mol. The van der Waals surface area contributed by atoms with E-state index in [-0.39, 0.29) is 13.2 Å². The van der Waals surface area contributed by atoms with Crippen molar-refractivity contribution in [3.63, 3.8) is 0 Å². The molecule has 266 valence electrons. The monoisotopic (exact) mass is 662 g/mol. The Kier molecular flexibility index (Phi) is 37.0. The zero-order chi connectivity index (χ0) is 32.1. The number of unbranched alkanes of at least 4 members (excludes halogenated alkanes) is 9. The Hall–Kier alpha value is -0.250. The molecule has 0 saturated heterocycles. The van der Waals surface area contributed by atoms with E-state index in [9.17, 15) is 4.57 Å². The van der Waals surface area contributed by atoms with Gasteiger partial charge in [-0.15, -0.1) is 0 Å². The van der Waals surface area contributed by atoms with E-state index >= 15 is 0 Å². The third kappa shape index (κ3) is 41.8. The summed E-state index contributed by atoms with van der Waals surface area (Å²) < 4.78 is 63.6. The highest BCUT2D eigenvalue weighted by molar-refractivity contribution is 7.46. The van der Waals surface area contributed by atoms with Crippen molar-refractivity contribution in [2.75, 3.05) is 126 Å². The van der Waals surface area contributed by atoms with Gasteiger partial charge in [-0.2, -0.15) is 0 Å². The van der Waals surface area contributed by atoms with Crippen molar-refractivity contribution in [2.24, 2.45) is 0 Å².